The largest absolute Gasteiger partial charge is 2.00 e. The van der Waals surface area contributed by atoms with Crippen molar-refractivity contribution in [1.29, 1.82) is 0 Å². The third-order valence-electron chi connectivity index (χ3n) is 4.78. The molecule has 6 rings (SSSR count). The molecule has 0 unspecified atom stereocenters. The van der Waals surface area contributed by atoms with Crippen molar-refractivity contribution in [3.8, 4) is 28.5 Å². The maximum absolute atomic E-state index is 11.1. The second-order valence-corrected chi connectivity index (χ2v) is 10.1. The Morgan fingerprint density at radius 2 is 0.744 bits per heavy atom. The predicted octanol–water partition coefficient (Wildman–Crippen LogP) is 8.98. The molecule has 0 aliphatic rings. The maximum atomic E-state index is 11.1. The van der Waals surface area contributed by atoms with Crippen LogP contribution in [-0.2, 0) is 19.5 Å². The zero-order valence-electron chi connectivity index (χ0n) is 21.9. The fraction of sp³-hybridized carbons (Fsp3) is 0. The van der Waals surface area contributed by atoms with Gasteiger partial charge in [-0.25, -0.2) is 0 Å². The van der Waals surface area contributed by atoms with Crippen LogP contribution in [0.4, 0.5) is 25.2 Å². The topological polar surface area (TPSA) is 87.5 Å². The van der Waals surface area contributed by atoms with Crippen LogP contribution in [0.25, 0.3) is 33.7 Å². The van der Waals surface area contributed by atoms with Gasteiger partial charge in [0.25, 0.3) is 0 Å². The van der Waals surface area contributed by atoms with Crippen LogP contribution in [0.2, 0.25) is 0 Å². The Kier molecular flexibility index (Phi) is 11.9. The quantitative estimate of drug-likeness (QED) is 0.102. The minimum Gasteiger partial charge on any atom is -0.871 e. The summed E-state index contributed by atoms with van der Waals surface area (Å²) in [6.07, 6.45) is 8.70. The second-order valence-electron chi connectivity index (χ2n) is 8.15. The number of benzene rings is 1. The first-order valence-electron chi connectivity index (χ1n) is 12.0. The Morgan fingerprint density at radius 3 is 1.05 bits per heavy atom. The Balaban J connectivity index is 0.000000202. The number of pyridine rings is 5. The third kappa shape index (κ3) is 14.9. The summed E-state index contributed by atoms with van der Waals surface area (Å²) < 4.78 is 59.2. The van der Waals surface area contributed by atoms with Gasteiger partial charge in [0.2, 0.25) is 0 Å². The van der Waals surface area contributed by atoms with Gasteiger partial charge in [0.05, 0.1) is 28.3 Å². The molecule has 0 saturated carbocycles. The normalized spacial score (nSPS) is 11.8. The van der Waals surface area contributed by atoms with Gasteiger partial charge in [-0.15, -0.1) is 0 Å². The van der Waals surface area contributed by atoms with Crippen LogP contribution in [0.1, 0.15) is 0 Å². The SMILES string of the molecule is F[P-](F)(F)(F)(F)F.[O-]c1cccc2cccnc12.[Ru+2].c1ccc(-c2ccccn2)nc1.c1ccc(-c2ccccn2)nc1. The van der Waals surface area contributed by atoms with Gasteiger partial charge in [-0.05, 0) is 60.0 Å². The molecule has 1 aromatic carbocycles. The first kappa shape index (κ1) is 34.9. The summed E-state index contributed by atoms with van der Waals surface area (Å²) in [4.78, 5) is 20.7. The molecule has 6 aromatic rings. The fourth-order valence-corrected chi connectivity index (χ4v) is 3.13. The van der Waals surface area contributed by atoms with E-state index >= 15 is 0 Å². The Morgan fingerprint density at radius 1 is 0.419 bits per heavy atom. The molecule has 0 saturated heterocycles. The van der Waals surface area contributed by atoms with E-state index in [9.17, 15) is 30.3 Å². The molecule has 0 radical (unpaired) electrons. The standard InChI is InChI=1S/2C10H8N2.C9H7NO.F6P.Ru/c2*1-3-7-11-9(5-1)10-6-2-4-8-12-10;11-8-5-1-3-7-4-2-6-10-9(7)8;1-7(2,3,4,5)6;/h2*1-8H;1-6,11H;;/q;;;-1;+2/p-1. The second kappa shape index (κ2) is 14.7. The molecule has 5 aromatic heterocycles. The summed E-state index contributed by atoms with van der Waals surface area (Å²) in [5.74, 6) is -0.0110. The van der Waals surface area contributed by atoms with Gasteiger partial charge in [0.1, 0.15) is 0 Å². The molecular weight excluding hydrogens is 680 g/mol. The fourth-order valence-electron chi connectivity index (χ4n) is 3.13. The number of nitrogens with zero attached hydrogens (tertiary/aromatic N) is 5. The van der Waals surface area contributed by atoms with E-state index < -0.39 is 7.81 Å². The smallest absolute Gasteiger partial charge is 0.871 e. The number of hydrogen-bond donors (Lipinski definition) is 0. The van der Waals surface area contributed by atoms with Gasteiger partial charge in [0, 0.05) is 31.0 Å². The molecule has 0 bridgehead atoms. The van der Waals surface area contributed by atoms with Crippen molar-refractivity contribution in [3.05, 3.63) is 134 Å². The zero-order chi connectivity index (χ0) is 30.5. The predicted molar refractivity (Wildman–Crippen MR) is 150 cm³/mol. The van der Waals surface area contributed by atoms with Gasteiger partial charge >= 0.3 is 52.5 Å². The third-order valence-corrected chi connectivity index (χ3v) is 4.78. The summed E-state index contributed by atoms with van der Waals surface area (Å²) in [6.45, 7) is 0. The first-order valence-corrected chi connectivity index (χ1v) is 14.0. The molecule has 0 spiro atoms. The average Bonchev–Trinajstić information content (AvgIpc) is 2.98. The number of rotatable bonds is 2. The van der Waals surface area contributed by atoms with Crippen molar-refractivity contribution in [2.24, 2.45) is 0 Å². The van der Waals surface area contributed by atoms with Crippen molar-refractivity contribution >= 4 is 18.7 Å². The summed E-state index contributed by atoms with van der Waals surface area (Å²) in [6, 6.07) is 32.0. The van der Waals surface area contributed by atoms with E-state index in [0.29, 0.717) is 5.52 Å². The molecule has 0 amide bonds. The van der Waals surface area contributed by atoms with Gasteiger partial charge in [-0.3, -0.25) is 24.9 Å². The van der Waals surface area contributed by atoms with Crippen LogP contribution in [0.3, 0.4) is 0 Å². The number of fused-ring (bicyclic) bond motifs is 1. The van der Waals surface area contributed by atoms with E-state index in [0.717, 1.165) is 28.2 Å². The maximum Gasteiger partial charge on any atom is 2.00 e. The van der Waals surface area contributed by atoms with Crippen LogP contribution >= 0.6 is 7.81 Å². The first-order chi connectivity index (χ1) is 19.8. The van der Waals surface area contributed by atoms with Gasteiger partial charge in [-0.1, -0.05) is 54.3 Å². The summed E-state index contributed by atoms with van der Waals surface area (Å²) in [7, 11) is -10.7. The Bertz CT molecular complexity index is 1510. The van der Waals surface area contributed by atoms with Crippen molar-refractivity contribution in [1.82, 2.24) is 24.9 Å². The van der Waals surface area contributed by atoms with Crippen molar-refractivity contribution in [2.75, 3.05) is 0 Å². The monoisotopic (exact) mass is 703 g/mol. The van der Waals surface area contributed by atoms with Gasteiger partial charge in [0.15, 0.2) is 0 Å². The summed E-state index contributed by atoms with van der Waals surface area (Å²) in [5, 5.41) is 12.0. The van der Waals surface area contributed by atoms with Gasteiger partial charge < -0.3 is 5.11 Å². The Labute approximate surface area is 255 Å². The molecule has 0 aliphatic heterocycles. The molecular formula is C29H22F6N5OPRu. The molecule has 0 N–H and O–H groups in total. The minimum atomic E-state index is -10.7. The van der Waals surface area contributed by atoms with E-state index in [4.69, 9.17) is 0 Å². The molecule has 0 fully saturated rings. The summed E-state index contributed by atoms with van der Waals surface area (Å²) in [5.41, 5.74) is 4.21. The minimum absolute atomic E-state index is 0. The van der Waals surface area contributed by atoms with Crippen molar-refractivity contribution < 1.29 is 49.8 Å². The van der Waals surface area contributed by atoms with Crippen LogP contribution < -0.4 is 5.11 Å². The van der Waals surface area contributed by atoms with Crippen LogP contribution in [0.15, 0.2) is 134 Å². The van der Waals surface area contributed by atoms with Crippen molar-refractivity contribution in [3.63, 3.8) is 0 Å². The van der Waals surface area contributed by atoms with Gasteiger partial charge in [-0.2, -0.15) is 0 Å². The van der Waals surface area contributed by atoms with E-state index in [2.05, 4.69) is 24.9 Å². The van der Waals surface area contributed by atoms with Crippen LogP contribution in [0.5, 0.6) is 5.75 Å². The molecule has 0 aliphatic carbocycles. The molecule has 14 heteroatoms. The van der Waals surface area contributed by atoms with E-state index in [1.165, 1.54) is 6.07 Å². The number of hydrogen-bond acceptors (Lipinski definition) is 6. The summed E-state index contributed by atoms with van der Waals surface area (Å²) >= 11 is 0. The Hall–Kier alpha value is -4.34. The average molecular weight is 703 g/mol. The van der Waals surface area contributed by atoms with E-state index in [-0.39, 0.29) is 25.2 Å². The molecule has 0 atom stereocenters. The van der Waals surface area contributed by atoms with Crippen LogP contribution in [-0.4, -0.2) is 24.9 Å². The number of halogens is 6. The van der Waals surface area contributed by atoms with E-state index in [1.54, 1.807) is 37.1 Å². The number of para-hydroxylation sites is 1. The molecule has 43 heavy (non-hydrogen) atoms. The zero-order valence-corrected chi connectivity index (χ0v) is 24.5. The van der Waals surface area contributed by atoms with Crippen molar-refractivity contribution in [2.45, 2.75) is 0 Å². The molecule has 6 nitrogen and oxygen atoms in total. The van der Waals surface area contributed by atoms with Crippen LogP contribution in [0, 0.1) is 0 Å². The van der Waals surface area contributed by atoms with E-state index in [1.807, 2.05) is 91.0 Å². The molecule has 5 heterocycles. The molecule has 224 valence electrons. The number of aromatic nitrogens is 5.